The Kier molecular flexibility index (Phi) is 9.48. The van der Waals surface area contributed by atoms with E-state index in [4.69, 9.17) is 5.73 Å². The zero-order chi connectivity index (χ0) is 19.6. The Morgan fingerprint density at radius 1 is 1.23 bits per heavy atom. The molecule has 0 aromatic rings. The summed E-state index contributed by atoms with van der Waals surface area (Å²) in [5.41, 5.74) is 5.36. The summed E-state index contributed by atoms with van der Waals surface area (Å²) in [4.78, 5) is 47.4. The van der Waals surface area contributed by atoms with Gasteiger partial charge in [-0.25, -0.2) is 0 Å². The normalized spacial score (nSPS) is 18.5. The van der Waals surface area contributed by atoms with Gasteiger partial charge in [-0.05, 0) is 24.7 Å². The zero-order valence-electron chi connectivity index (χ0n) is 16.2. The molecule has 2 fully saturated rings. The number of amides is 3. The maximum Gasteiger partial charge on any atom is 0.229 e. The molecule has 1 aliphatic heterocycles. The van der Waals surface area contributed by atoms with E-state index in [1.54, 1.807) is 11.9 Å². The van der Waals surface area contributed by atoms with Crippen LogP contribution in [0.25, 0.3) is 0 Å². The molecular weight excluding hydrogens is 334 g/mol. The smallest absolute Gasteiger partial charge is 0.229 e. The summed E-state index contributed by atoms with van der Waals surface area (Å²) in [5, 5.41) is 0. The van der Waals surface area contributed by atoms with E-state index in [-0.39, 0.29) is 23.1 Å². The molecule has 0 atom stereocenters. The van der Waals surface area contributed by atoms with E-state index < -0.39 is 0 Å². The minimum atomic E-state index is -0.0539. The highest BCUT2D eigenvalue weighted by Crippen LogP contribution is 2.43. The number of carbonyl (C=O) groups excluding carboxylic acids is 4. The number of rotatable bonds is 8. The molecule has 1 saturated heterocycles. The van der Waals surface area contributed by atoms with E-state index in [9.17, 15) is 19.2 Å². The second-order valence-electron chi connectivity index (χ2n) is 7.30. The van der Waals surface area contributed by atoms with Gasteiger partial charge in [-0.3, -0.25) is 19.3 Å². The number of likely N-dealkylation sites (N-methyl/N-ethyl adjacent to an activating group) is 1. The van der Waals surface area contributed by atoms with E-state index in [2.05, 4.69) is 0 Å². The molecule has 0 radical (unpaired) electrons. The van der Waals surface area contributed by atoms with Crippen LogP contribution in [0.5, 0.6) is 0 Å². The Morgan fingerprint density at radius 2 is 1.81 bits per heavy atom. The van der Waals surface area contributed by atoms with E-state index in [0.717, 1.165) is 38.4 Å². The van der Waals surface area contributed by atoms with Gasteiger partial charge < -0.3 is 15.4 Å². The molecule has 2 N–H and O–H groups in total. The number of hydrogen-bond donors (Lipinski definition) is 1. The maximum absolute atomic E-state index is 11.9. The maximum atomic E-state index is 11.9. The van der Waals surface area contributed by atoms with Crippen molar-refractivity contribution < 1.29 is 19.2 Å². The molecule has 1 saturated carbocycles. The lowest BCUT2D eigenvalue weighted by Gasteiger charge is -2.28. The number of likely N-dealkylation sites (tertiary alicyclic amines) is 1. The van der Waals surface area contributed by atoms with Crippen LogP contribution in [0.15, 0.2) is 0 Å². The van der Waals surface area contributed by atoms with Crippen molar-refractivity contribution in [1.82, 2.24) is 9.80 Å². The van der Waals surface area contributed by atoms with Gasteiger partial charge in [-0.15, -0.1) is 0 Å². The monoisotopic (exact) mass is 367 g/mol. The highest BCUT2D eigenvalue weighted by Gasteiger charge is 2.36. The van der Waals surface area contributed by atoms with E-state index >= 15 is 0 Å². The minimum Gasteiger partial charge on any atom is -0.344 e. The first kappa shape index (κ1) is 22.3. The van der Waals surface area contributed by atoms with Crippen LogP contribution in [0, 0.1) is 5.41 Å². The van der Waals surface area contributed by atoms with Gasteiger partial charge in [-0.2, -0.15) is 0 Å². The number of nitrogens with two attached hydrogens (primary N) is 1. The van der Waals surface area contributed by atoms with Gasteiger partial charge in [-0.1, -0.05) is 19.8 Å². The fourth-order valence-electron chi connectivity index (χ4n) is 3.62. The van der Waals surface area contributed by atoms with Crippen LogP contribution in [0.1, 0.15) is 64.7 Å². The predicted molar refractivity (Wildman–Crippen MR) is 99.1 cm³/mol. The van der Waals surface area contributed by atoms with Gasteiger partial charge in [0.2, 0.25) is 17.7 Å². The summed E-state index contributed by atoms with van der Waals surface area (Å²) in [6.07, 6.45) is 7.97. The van der Waals surface area contributed by atoms with E-state index in [1.165, 1.54) is 4.90 Å². The molecule has 1 aliphatic carbocycles. The molecule has 148 valence electrons. The van der Waals surface area contributed by atoms with Gasteiger partial charge in [0.25, 0.3) is 0 Å². The molecule has 2 aliphatic rings. The van der Waals surface area contributed by atoms with E-state index in [1.807, 2.05) is 6.92 Å². The van der Waals surface area contributed by atoms with Crippen LogP contribution in [0.3, 0.4) is 0 Å². The van der Waals surface area contributed by atoms with Crippen molar-refractivity contribution in [2.45, 2.75) is 64.7 Å². The molecule has 2 rings (SSSR count). The Morgan fingerprint density at radius 3 is 2.27 bits per heavy atom. The molecule has 7 nitrogen and oxygen atoms in total. The van der Waals surface area contributed by atoms with Crippen LogP contribution >= 0.6 is 0 Å². The average molecular weight is 367 g/mol. The van der Waals surface area contributed by atoms with Crippen molar-refractivity contribution in [2.75, 3.05) is 26.7 Å². The molecule has 0 bridgehead atoms. The Hall–Kier alpha value is -1.76. The minimum absolute atomic E-state index is 0.00755. The third kappa shape index (κ3) is 6.52. The van der Waals surface area contributed by atoms with Crippen molar-refractivity contribution in [3.05, 3.63) is 0 Å². The second-order valence-corrected chi connectivity index (χ2v) is 7.30. The summed E-state index contributed by atoms with van der Waals surface area (Å²) in [6, 6.07) is 0. The van der Waals surface area contributed by atoms with Crippen molar-refractivity contribution in [1.29, 1.82) is 0 Å². The van der Waals surface area contributed by atoms with Crippen molar-refractivity contribution in [3.8, 4) is 0 Å². The fraction of sp³-hybridized carbons (Fsp3) is 0.789. The molecule has 0 unspecified atom stereocenters. The zero-order valence-corrected chi connectivity index (χ0v) is 16.2. The molecule has 0 aromatic heterocycles. The summed E-state index contributed by atoms with van der Waals surface area (Å²) in [6.45, 7) is 3.63. The largest absolute Gasteiger partial charge is 0.344 e. The molecule has 7 heteroatoms. The van der Waals surface area contributed by atoms with Crippen LogP contribution in [-0.4, -0.2) is 60.5 Å². The standard InChI is InChI=1S/C12H22N2O2.C7H11NO2/c1-14(8-7-13)11(16)10-12(6-9-15)4-2-3-5-12;1-2-5-8-6(9)3-4-7(8)10/h9H,2-8,10,13H2,1H3;2-5H2,1H3. The predicted octanol–water partition coefficient (Wildman–Crippen LogP) is 1.49. The quantitative estimate of drug-likeness (QED) is 0.517. The lowest BCUT2D eigenvalue weighted by Crippen LogP contribution is -2.35. The average Bonchev–Trinajstić information content (AvgIpc) is 3.18. The molecule has 1 heterocycles. The number of aldehydes is 1. The van der Waals surface area contributed by atoms with Crippen molar-refractivity contribution in [3.63, 3.8) is 0 Å². The fourth-order valence-corrected chi connectivity index (χ4v) is 3.62. The van der Waals surface area contributed by atoms with E-state index in [0.29, 0.717) is 45.3 Å². The molecule has 26 heavy (non-hydrogen) atoms. The Labute approximate surface area is 156 Å². The van der Waals surface area contributed by atoms with Crippen LogP contribution in [0.4, 0.5) is 0 Å². The molecule has 3 amide bonds. The summed E-state index contributed by atoms with van der Waals surface area (Å²) >= 11 is 0. The van der Waals surface area contributed by atoms with Gasteiger partial charge in [0.15, 0.2) is 0 Å². The van der Waals surface area contributed by atoms with Crippen molar-refractivity contribution in [2.24, 2.45) is 11.1 Å². The third-order valence-electron chi connectivity index (χ3n) is 5.20. The van der Waals surface area contributed by atoms with Gasteiger partial charge in [0, 0.05) is 52.4 Å². The Balaban J connectivity index is 0.000000289. The first-order chi connectivity index (χ1) is 12.4. The van der Waals surface area contributed by atoms with Crippen LogP contribution in [-0.2, 0) is 19.2 Å². The van der Waals surface area contributed by atoms with Crippen molar-refractivity contribution >= 4 is 24.0 Å². The summed E-state index contributed by atoms with van der Waals surface area (Å²) in [5.74, 6) is 0.105. The molecule has 0 aromatic carbocycles. The third-order valence-corrected chi connectivity index (χ3v) is 5.20. The van der Waals surface area contributed by atoms with Crippen LogP contribution in [0.2, 0.25) is 0 Å². The van der Waals surface area contributed by atoms with Crippen LogP contribution < -0.4 is 5.73 Å². The SMILES string of the molecule is CCCN1C(=O)CCC1=O.CN(CCN)C(=O)CC1(CC=O)CCCC1. The molecular formula is C19H33N3O4. The Bertz CT molecular complexity index is 485. The second kappa shape index (κ2) is 11.1. The highest BCUT2D eigenvalue weighted by molar-refractivity contribution is 6.01. The van der Waals surface area contributed by atoms with Gasteiger partial charge in [0.05, 0.1) is 0 Å². The lowest BCUT2D eigenvalue weighted by atomic mass is 9.79. The highest BCUT2D eigenvalue weighted by atomic mass is 16.2. The van der Waals surface area contributed by atoms with Gasteiger partial charge in [0.1, 0.15) is 6.29 Å². The summed E-state index contributed by atoms with van der Waals surface area (Å²) in [7, 11) is 1.78. The first-order valence-corrected chi connectivity index (χ1v) is 9.60. The topological polar surface area (TPSA) is 101 Å². The summed E-state index contributed by atoms with van der Waals surface area (Å²) < 4.78 is 0. The first-order valence-electron chi connectivity index (χ1n) is 9.60. The number of imide groups is 1. The lowest BCUT2D eigenvalue weighted by molar-refractivity contribution is -0.138. The number of hydrogen-bond acceptors (Lipinski definition) is 5. The van der Waals surface area contributed by atoms with Gasteiger partial charge >= 0.3 is 0 Å². The number of nitrogens with zero attached hydrogens (tertiary/aromatic N) is 2. The number of carbonyl (C=O) groups is 4. The molecule has 0 spiro atoms.